The van der Waals surface area contributed by atoms with Crippen molar-refractivity contribution in [3.63, 3.8) is 0 Å². The number of alkyl halides is 3. The molecule has 0 fully saturated rings. The highest BCUT2D eigenvalue weighted by Crippen LogP contribution is 2.31. The summed E-state index contributed by atoms with van der Waals surface area (Å²) in [5.74, 6) is 0. The molecule has 0 saturated carbocycles. The number of nitrogens with one attached hydrogen (secondary N) is 1. The second-order valence-corrected chi connectivity index (χ2v) is 4.63. The van der Waals surface area contributed by atoms with Crippen LogP contribution < -0.4 is 5.32 Å². The van der Waals surface area contributed by atoms with E-state index in [-0.39, 0.29) is 12.4 Å². The van der Waals surface area contributed by atoms with Crippen molar-refractivity contribution in [2.24, 2.45) is 0 Å². The molecule has 21 heavy (non-hydrogen) atoms. The van der Waals surface area contributed by atoms with Crippen molar-refractivity contribution in [2.75, 3.05) is 13.6 Å². The Morgan fingerprint density at radius 1 is 0.952 bits per heavy atom. The average Bonchev–Trinajstić information content (AvgIpc) is 2.45. The lowest BCUT2D eigenvalue weighted by Crippen LogP contribution is -2.10. The Morgan fingerprint density at radius 3 is 2.19 bits per heavy atom. The summed E-state index contributed by atoms with van der Waals surface area (Å²) >= 11 is 0. The van der Waals surface area contributed by atoms with Crippen molar-refractivity contribution < 1.29 is 13.2 Å². The summed E-state index contributed by atoms with van der Waals surface area (Å²) in [6.07, 6.45) is -3.39. The van der Waals surface area contributed by atoms with Gasteiger partial charge in [0.2, 0.25) is 0 Å². The monoisotopic (exact) mass is 315 g/mol. The maximum Gasteiger partial charge on any atom is 0.416 e. The minimum Gasteiger partial charge on any atom is -0.319 e. The third-order valence-corrected chi connectivity index (χ3v) is 3.14. The molecule has 1 N–H and O–H groups in total. The topological polar surface area (TPSA) is 12.0 Å². The Labute approximate surface area is 128 Å². The molecular formula is C16H17ClF3N. The van der Waals surface area contributed by atoms with Gasteiger partial charge in [-0.1, -0.05) is 36.4 Å². The largest absolute Gasteiger partial charge is 0.416 e. The lowest BCUT2D eigenvalue weighted by Gasteiger charge is -2.09. The van der Waals surface area contributed by atoms with Crippen molar-refractivity contribution in [3.8, 4) is 11.1 Å². The number of benzene rings is 2. The molecule has 0 radical (unpaired) electrons. The van der Waals surface area contributed by atoms with Gasteiger partial charge in [0.1, 0.15) is 0 Å². The predicted octanol–water partition coefficient (Wildman–Crippen LogP) is 4.56. The van der Waals surface area contributed by atoms with E-state index in [1.165, 1.54) is 12.1 Å². The molecule has 0 saturated heterocycles. The van der Waals surface area contributed by atoms with Crippen molar-refractivity contribution in [1.82, 2.24) is 5.32 Å². The number of hydrogen-bond donors (Lipinski definition) is 1. The van der Waals surface area contributed by atoms with Gasteiger partial charge in [0.25, 0.3) is 0 Å². The summed E-state index contributed by atoms with van der Waals surface area (Å²) in [5, 5.41) is 3.07. The van der Waals surface area contributed by atoms with Gasteiger partial charge in [0, 0.05) is 0 Å². The minimum absolute atomic E-state index is 0. The van der Waals surface area contributed by atoms with Gasteiger partial charge in [0.15, 0.2) is 0 Å². The number of likely N-dealkylation sites (N-methyl/N-ethyl adjacent to an activating group) is 1. The summed E-state index contributed by atoms with van der Waals surface area (Å²) in [6, 6.07) is 13.1. The number of rotatable bonds is 4. The van der Waals surface area contributed by atoms with Gasteiger partial charge < -0.3 is 5.32 Å². The van der Waals surface area contributed by atoms with Crippen LogP contribution >= 0.6 is 12.4 Å². The summed E-state index contributed by atoms with van der Waals surface area (Å²) in [4.78, 5) is 0. The summed E-state index contributed by atoms with van der Waals surface area (Å²) in [6.45, 7) is 0.871. The number of halogens is 4. The Kier molecular flexibility index (Phi) is 6.24. The van der Waals surface area contributed by atoms with Crippen LogP contribution in [0, 0.1) is 0 Å². The van der Waals surface area contributed by atoms with Gasteiger partial charge in [-0.3, -0.25) is 0 Å². The fourth-order valence-electron chi connectivity index (χ4n) is 2.03. The van der Waals surface area contributed by atoms with E-state index >= 15 is 0 Å². The van der Waals surface area contributed by atoms with Crippen LogP contribution in [0.2, 0.25) is 0 Å². The molecule has 0 bridgehead atoms. The zero-order valence-electron chi connectivity index (χ0n) is 11.6. The molecule has 1 nitrogen and oxygen atoms in total. The highest BCUT2D eigenvalue weighted by Gasteiger charge is 2.29. The Morgan fingerprint density at radius 2 is 1.62 bits per heavy atom. The molecule has 114 valence electrons. The van der Waals surface area contributed by atoms with Gasteiger partial charge in [-0.15, -0.1) is 12.4 Å². The predicted molar refractivity (Wildman–Crippen MR) is 81.8 cm³/mol. The molecule has 0 spiro atoms. The molecule has 5 heteroatoms. The van der Waals surface area contributed by atoms with Crippen molar-refractivity contribution in [1.29, 1.82) is 0 Å². The van der Waals surface area contributed by atoms with Crippen LogP contribution in [0.3, 0.4) is 0 Å². The molecule has 0 amide bonds. The normalized spacial score (nSPS) is 11.0. The smallest absolute Gasteiger partial charge is 0.319 e. The van der Waals surface area contributed by atoms with Crippen LogP contribution in [0.4, 0.5) is 13.2 Å². The fraction of sp³-hybridized carbons (Fsp3) is 0.250. The van der Waals surface area contributed by atoms with E-state index < -0.39 is 11.7 Å². The van der Waals surface area contributed by atoms with Crippen LogP contribution in [0.25, 0.3) is 11.1 Å². The lowest BCUT2D eigenvalue weighted by molar-refractivity contribution is -0.137. The highest BCUT2D eigenvalue weighted by molar-refractivity contribution is 5.85. The van der Waals surface area contributed by atoms with E-state index in [0.717, 1.165) is 41.8 Å². The van der Waals surface area contributed by atoms with E-state index in [4.69, 9.17) is 0 Å². The molecular weight excluding hydrogens is 299 g/mol. The summed E-state index contributed by atoms with van der Waals surface area (Å²) in [5.41, 5.74) is 2.28. The summed E-state index contributed by atoms with van der Waals surface area (Å²) < 4.78 is 37.6. The first-order valence-electron chi connectivity index (χ1n) is 6.42. The average molecular weight is 316 g/mol. The van der Waals surface area contributed by atoms with E-state index in [1.54, 1.807) is 0 Å². The van der Waals surface area contributed by atoms with Crippen LogP contribution in [0.1, 0.15) is 11.1 Å². The molecule has 0 aliphatic rings. The van der Waals surface area contributed by atoms with Gasteiger partial charge in [0.05, 0.1) is 5.56 Å². The standard InChI is InChI=1S/C16H16F3N.ClH/c1-20-10-9-12-3-2-4-14(11-12)13-5-7-15(8-6-13)16(17,18)19;/h2-8,11,20H,9-10H2,1H3;1H. The van der Waals surface area contributed by atoms with Gasteiger partial charge in [-0.2, -0.15) is 13.2 Å². The zero-order chi connectivity index (χ0) is 14.6. The second-order valence-electron chi connectivity index (χ2n) is 4.63. The first-order chi connectivity index (χ1) is 9.50. The van der Waals surface area contributed by atoms with Crippen LogP contribution in [-0.2, 0) is 12.6 Å². The minimum atomic E-state index is -4.28. The molecule has 0 heterocycles. The molecule has 0 atom stereocenters. The zero-order valence-corrected chi connectivity index (χ0v) is 12.4. The molecule has 2 aromatic carbocycles. The van der Waals surface area contributed by atoms with E-state index in [9.17, 15) is 13.2 Å². The first-order valence-corrected chi connectivity index (χ1v) is 6.42. The third-order valence-electron chi connectivity index (χ3n) is 3.14. The Hall–Kier alpha value is -1.52. The highest BCUT2D eigenvalue weighted by atomic mass is 35.5. The van der Waals surface area contributed by atoms with Crippen molar-refractivity contribution in [2.45, 2.75) is 12.6 Å². The van der Waals surface area contributed by atoms with Crippen LogP contribution in [-0.4, -0.2) is 13.6 Å². The van der Waals surface area contributed by atoms with Crippen molar-refractivity contribution >= 4 is 12.4 Å². The maximum atomic E-state index is 12.5. The second kappa shape index (κ2) is 7.48. The Bertz CT molecular complexity index is 564. The summed E-state index contributed by atoms with van der Waals surface area (Å²) in [7, 11) is 1.89. The van der Waals surface area contributed by atoms with Crippen molar-refractivity contribution in [3.05, 3.63) is 59.7 Å². The SMILES string of the molecule is CNCCc1cccc(-c2ccc(C(F)(F)F)cc2)c1.Cl. The fourth-order valence-corrected chi connectivity index (χ4v) is 2.03. The molecule has 0 unspecified atom stereocenters. The van der Waals surface area contributed by atoms with Crippen LogP contribution in [0.15, 0.2) is 48.5 Å². The molecule has 0 aliphatic heterocycles. The first kappa shape index (κ1) is 17.5. The van der Waals surface area contributed by atoms with Gasteiger partial charge in [-0.25, -0.2) is 0 Å². The molecule has 0 aliphatic carbocycles. The van der Waals surface area contributed by atoms with Crippen LogP contribution in [0.5, 0.6) is 0 Å². The van der Waals surface area contributed by atoms with E-state index in [1.807, 2.05) is 31.3 Å². The quantitative estimate of drug-likeness (QED) is 0.872. The van der Waals surface area contributed by atoms with E-state index in [2.05, 4.69) is 5.32 Å². The maximum absolute atomic E-state index is 12.5. The van der Waals surface area contributed by atoms with Gasteiger partial charge >= 0.3 is 6.18 Å². The molecule has 0 aromatic heterocycles. The number of hydrogen-bond acceptors (Lipinski definition) is 1. The lowest BCUT2D eigenvalue weighted by atomic mass is 10.0. The molecule has 2 aromatic rings. The van der Waals surface area contributed by atoms with E-state index in [0.29, 0.717) is 0 Å². The molecule has 2 rings (SSSR count). The van der Waals surface area contributed by atoms with Gasteiger partial charge in [-0.05, 0) is 48.8 Å². The Balaban J connectivity index is 0.00000220. The third kappa shape index (κ3) is 4.76.